The lowest BCUT2D eigenvalue weighted by atomic mass is 9.67. The van der Waals surface area contributed by atoms with E-state index in [2.05, 4.69) is 50.2 Å². The fourth-order valence-electron chi connectivity index (χ4n) is 4.86. The summed E-state index contributed by atoms with van der Waals surface area (Å²) in [7, 11) is 1.41. The third kappa shape index (κ3) is 3.32. The Hall–Kier alpha value is -2.95. The van der Waals surface area contributed by atoms with Gasteiger partial charge < -0.3 is 9.26 Å². The van der Waals surface area contributed by atoms with E-state index in [1.807, 2.05) is 19.1 Å². The quantitative estimate of drug-likeness (QED) is 0.576. The minimum atomic E-state index is -0.532. The van der Waals surface area contributed by atoms with Gasteiger partial charge >= 0.3 is 5.97 Å². The first-order valence-electron chi connectivity index (χ1n) is 10.5. The van der Waals surface area contributed by atoms with E-state index in [1.165, 1.54) is 23.8 Å². The van der Waals surface area contributed by atoms with Gasteiger partial charge in [0.2, 0.25) is 5.89 Å². The molecule has 0 fully saturated rings. The molecule has 5 heteroatoms. The smallest absolute Gasteiger partial charge is 0.337 e. The summed E-state index contributed by atoms with van der Waals surface area (Å²) in [5, 5.41) is 4.42. The van der Waals surface area contributed by atoms with E-state index in [-0.39, 0.29) is 5.97 Å². The molecule has 1 unspecified atom stereocenters. The number of hydrogen-bond acceptors (Lipinski definition) is 5. The molecule has 0 amide bonds. The Bertz CT molecular complexity index is 1100. The average molecular weight is 405 g/mol. The van der Waals surface area contributed by atoms with Crippen LogP contribution in [0.15, 0.2) is 40.9 Å². The molecule has 3 aromatic rings. The topological polar surface area (TPSA) is 65.2 Å². The van der Waals surface area contributed by atoms with Gasteiger partial charge in [0.25, 0.3) is 0 Å². The Labute approximate surface area is 177 Å². The van der Waals surface area contributed by atoms with Gasteiger partial charge in [0.05, 0.1) is 18.1 Å². The van der Waals surface area contributed by atoms with Crippen molar-refractivity contribution < 1.29 is 14.1 Å². The molecular weight excluding hydrogens is 376 g/mol. The third-order valence-electron chi connectivity index (χ3n) is 5.99. The van der Waals surface area contributed by atoms with Gasteiger partial charge in [0.1, 0.15) is 0 Å². The number of methoxy groups -OCH3 is 1. The molecule has 0 saturated carbocycles. The molecule has 5 nitrogen and oxygen atoms in total. The van der Waals surface area contributed by atoms with Crippen molar-refractivity contribution in [2.75, 3.05) is 7.11 Å². The molecule has 30 heavy (non-hydrogen) atoms. The molecule has 0 aliphatic heterocycles. The molecule has 2 aromatic carbocycles. The highest BCUT2D eigenvalue weighted by molar-refractivity contribution is 5.89. The highest BCUT2D eigenvalue weighted by Gasteiger charge is 2.45. The van der Waals surface area contributed by atoms with Crippen molar-refractivity contribution in [1.82, 2.24) is 10.1 Å². The monoisotopic (exact) mass is 404 g/mol. The first-order valence-corrected chi connectivity index (χ1v) is 10.5. The van der Waals surface area contributed by atoms with Crippen LogP contribution in [0.3, 0.4) is 0 Å². The van der Waals surface area contributed by atoms with E-state index in [4.69, 9.17) is 14.2 Å². The summed E-state index contributed by atoms with van der Waals surface area (Å²) in [6.07, 6.45) is 2.57. The molecule has 0 N–H and O–H groups in total. The van der Waals surface area contributed by atoms with Gasteiger partial charge in [-0.15, -0.1) is 0 Å². The van der Waals surface area contributed by atoms with Crippen LogP contribution in [-0.4, -0.2) is 23.2 Å². The molecule has 1 aliphatic rings. The lowest BCUT2D eigenvalue weighted by Gasteiger charge is -2.35. The molecule has 1 aliphatic carbocycles. The first-order chi connectivity index (χ1) is 14.3. The second kappa shape index (κ2) is 7.71. The van der Waals surface area contributed by atoms with Crippen molar-refractivity contribution in [1.29, 1.82) is 0 Å². The average Bonchev–Trinajstić information content (AvgIpc) is 3.11. The standard InChI is InChI=1S/C25H28N2O3/c1-15(2)14-25(24-26-17(4)30-27-24)21-10-6-16(3)12-18(21)7-8-19-13-20(23(28)29-5)9-11-22(19)25/h6,9-13,15H,7-8,14H2,1-5H3. The zero-order valence-electron chi connectivity index (χ0n) is 18.3. The molecule has 1 atom stereocenters. The number of hydrogen-bond donors (Lipinski definition) is 0. The molecule has 0 spiro atoms. The number of nitrogens with zero attached hydrogens (tertiary/aromatic N) is 2. The number of ether oxygens (including phenoxy) is 1. The molecule has 4 rings (SSSR count). The van der Waals surface area contributed by atoms with Crippen LogP contribution in [0.4, 0.5) is 0 Å². The summed E-state index contributed by atoms with van der Waals surface area (Å²) in [6.45, 7) is 8.38. The van der Waals surface area contributed by atoms with Crippen LogP contribution in [-0.2, 0) is 23.0 Å². The number of rotatable bonds is 4. The second-order valence-corrected chi connectivity index (χ2v) is 8.66. The zero-order valence-corrected chi connectivity index (χ0v) is 18.3. The molecule has 156 valence electrons. The fraction of sp³-hybridized carbons (Fsp3) is 0.400. The summed E-state index contributed by atoms with van der Waals surface area (Å²) >= 11 is 0. The van der Waals surface area contributed by atoms with E-state index in [0.29, 0.717) is 23.2 Å². The number of carbonyl (C=O) groups is 1. The van der Waals surface area contributed by atoms with E-state index < -0.39 is 5.41 Å². The molecule has 1 heterocycles. The number of aromatic nitrogens is 2. The number of esters is 1. The van der Waals surface area contributed by atoms with Gasteiger partial charge in [0, 0.05) is 6.92 Å². The van der Waals surface area contributed by atoms with Crippen molar-refractivity contribution in [3.63, 3.8) is 0 Å². The third-order valence-corrected chi connectivity index (χ3v) is 5.99. The summed E-state index contributed by atoms with van der Waals surface area (Å²) in [5.41, 5.74) is 6.08. The van der Waals surface area contributed by atoms with Gasteiger partial charge in [-0.25, -0.2) is 4.79 Å². The summed E-state index contributed by atoms with van der Waals surface area (Å²) < 4.78 is 10.4. The number of fused-ring (bicyclic) bond motifs is 2. The second-order valence-electron chi connectivity index (χ2n) is 8.66. The van der Waals surface area contributed by atoms with Gasteiger partial charge in [-0.05, 0) is 66.5 Å². The van der Waals surface area contributed by atoms with Crippen LogP contribution >= 0.6 is 0 Å². The fourth-order valence-corrected chi connectivity index (χ4v) is 4.86. The maximum atomic E-state index is 12.2. The first kappa shape index (κ1) is 20.3. The summed E-state index contributed by atoms with van der Waals surface area (Å²) in [4.78, 5) is 16.9. The van der Waals surface area contributed by atoms with E-state index in [9.17, 15) is 4.79 Å². The maximum Gasteiger partial charge on any atom is 0.337 e. The Morgan fingerprint density at radius 3 is 2.37 bits per heavy atom. The van der Waals surface area contributed by atoms with Crippen LogP contribution in [0, 0.1) is 19.8 Å². The molecule has 0 radical (unpaired) electrons. The van der Waals surface area contributed by atoms with E-state index in [0.717, 1.165) is 30.4 Å². The Kier molecular flexibility index (Phi) is 5.22. The van der Waals surface area contributed by atoms with Crippen LogP contribution < -0.4 is 0 Å². The highest BCUT2D eigenvalue weighted by atomic mass is 16.5. The Morgan fingerprint density at radius 2 is 1.77 bits per heavy atom. The lowest BCUT2D eigenvalue weighted by molar-refractivity contribution is 0.0600. The number of benzene rings is 2. The molecule has 0 bridgehead atoms. The van der Waals surface area contributed by atoms with Crippen LogP contribution in [0.5, 0.6) is 0 Å². The Balaban J connectivity index is 2.06. The predicted octanol–water partition coefficient (Wildman–Crippen LogP) is 4.95. The van der Waals surface area contributed by atoms with Crippen LogP contribution in [0.2, 0.25) is 0 Å². The normalized spacial score (nSPS) is 17.9. The SMILES string of the molecule is COC(=O)c1ccc2c(c1)CCc1cc(C)ccc1C2(CC(C)C)c1noc(C)n1. The van der Waals surface area contributed by atoms with Crippen molar-refractivity contribution in [2.24, 2.45) is 5.92 Å². The summed E-state index contributed by atoms with van der Waals surface area (Å²) in [6, 6.07) is 12.5. The Morgan fingerprint density at radius 1 is 1.10 bits per heavy atom. The van der Waals surface area contributed by atoms with Crippen LogP contribution in [0.25, 0.3) is 0 Å². The lowest BCUT2D eigenvalue weighted by Crippen LogP contribution is -2.34. The minimum absolute atomic E-state index is 0.319. The van der Waals surface area contributed by atoms with Crippen molar-refractivity contribution in [2.45, 2.75) is 52.4 Å². The van der Waals surface area contributed by atoms with E-state index >= 15 is 0 Å². The van der Waals surface area contributed by atoms with Crippen molar-refractivity contribution in [3.8, 4) is 0 Å². The predicted molar refractivity (Wildman–Crippen MR) is 115 cm³/mol. The van der Waals surface area contributed by atoms with Crippen LogP contribution in [0.1, 0.15) is 70.2 Å². The van der Waals surface area contributed by atoms with Gasteiger partial charge in [-0.3, -0.25) is 0 Å². The number of carbonyl (C=O) groups excluding carboxylic acids is 1. The molecule has 0 saturated heterocycles. The van der Waals surface area contributed by atoms with Crippen molar-refractivity contribution >= 4 is 5.97 Å². The summed E-state index contributed by atoms with van der Waals surface area (Å²) in [5.74, 6) is 1.32. The minimum Gasteiger partial charge on any atom is -0.465 e. The molecule has 1 aromatic heterocycles. The van der Waals surface area contributed by atoms with Gasteiger partial charge in [-0.2, -0.15) is 4.98 Å². The largest absolute Gasteiger partial charge is 0.465 e. The van der Waals surface area contributed by atoms with Gasteiger partial charge in [0.15, 0.2) is 5.82 Å². The maximum absolute atomic E-state index is 12.2. The molecular formula is C25H28N2O3. The van der Waals surface area contributed by atoms with Crippen molar-refractivity contribution in [3.05, 3.63) is 81.5 Å². The van der Waals surface area contributed by atoms with E-state index in [1.54, 1.807) is 0 Å². The van der Waals surface area contributed by atoms with Gasteiger partial charge in [-0.1, -0.05) is 48.8 Å². The zero-order chi connectivity index (χ0) is 21.5. The highest BCUT2D eigenvalue weighted by Crippen LogP contribution is 2.48. The number of aryl methyl sites for hydroxylation is 4.